The Balaban J connectivity index is 1.80. The van der Waals surface area contributed by atoms with Gasteiger partial charge in [0.05, 0.1) is 6.54 Å². The molecular weight excluding hydrogens is 408 g/mol. The lowest BCUT2D eigenvalue weighted by Gasteiger charge is -2.21. The van der Waals surface area contributed by atoms with Gasteiger partial charge < -0.3 is 15.4 Å². The van der Waals surface area contributed by atoms with E-state index in [0.29, 0.717) is 11.7 Å². The Morgan fingerprint density at radius 2 is 1.84 bits per heavy atom. The number of carbonyl (C=O) groups is 1. The molecule has 2 aromatic carbocycles. The summed E-state index contributed by atoms with van der Waals surface area (Å²) in [7, 11) is 1.43. The van der Waals surface area contributed by atoms with E-state index >= 15 is 0 Å². The number of nitrogen functional groups attached to an aromatic ring is 1. The van der Waals surface area contributed by atoms with Gasteiger partial charge in [0.2, 0.25) is 0 Å². The van der Waals surface area contributed by atoms with Crippen LogP contribution in [-0.2, 0) is 11.3 Å². The van der Waals surface area contributed by atoms with E-state index in [1.807, 2.05) is 55.5 Å². The Hall–Kier alpha value is -3.81. The first kappa shape index (κ1) is 22.9. The predicted molar refractivity (Wildman–Crippen MR) is 125 cm³/mol. The van der Waals surface area contributed by atoms with Gasteiger partial charge in [-0.05, 0) is 41.7 Å². The van der Waals surface area contributed by atoms with Crippen molar-refractivity contribution in [1.29, 1.82) is 0 Å². The standard InChI is InChI=1S/C24H28N4O4/c1-15(2)19-11-10-18(12-16(19)3)32-14-20(29)27(4)21-22(25)28(24(31)26-23(21)30)13-17-8-6-5-7-9-17/h5-12,15H,13-14,25H2,1-4H3,(H,26,30,31). The SMILES string of the molecule is Cc1cc(OCC(=O)N(C)c2c(N)n(Cc3ccccc3)c(=O)[nH]c2=O)ccc1C(C)C. The van der Waals surface area contributed by atoms with Crippen LogP contribution >= 0.6 is 0 Å². The monoisotopic (exact) mass is 436 g/mol. The van der Waals surface area contributed by atoms with Crippen molar-refractivity contribution in [3.63, 3.8) is 0 Å². The number of H-pyrrole nitrogens is 1. The summed E-state index contributed by atoms with van der Waals surface area (Å²) in [6, 6.07) is 14.9. The van der Waals surface area contributed by atoms with E-state index in [1.54, 1.807) is 0 Å². The molecule has 1 amide bonds. The quantitative estimate of drug-likeness (QED) is 0.592. The maximum absolute atomic E-state index is 12.7. The first-order chi connectivity index (χ1) is 15.2. The lowest BCUT2D eigenvalue weighted by atomic mass is 9.98. The molecule has 0 aliphatic rings. The van der Waals surface area contributed by atoms with Gasteiger partial charge >= 0.3 is 5.69 Å². The lowest BCUT2D eigenvalue weighted by Crippen LogP contribution is -2.41. The highest BCUT2D eigenvalue weighted by molar-refractivity contribution is 5.96. The van der Waals surface area contributed by atoms with Crippen LogP contribution in [0.15, 0.2) is 58.1 Å². The number of benzene rings is 2. The van der Waals surface area contributed by atoms with Crippen LogP contribution in [0.1, 0.15) is 36.5 Å². The Morgan fingerprint density at radius 3 is 2.47 bits per heavy atom. The molecule has 0 radical (unpaired) electrons. The number of aromatic nitrogens is 2. The third-order valence-corrected chi connectivity index (χ3v) is 5.33. The molecule has 3 rings (SSSR count). The van der Waals surface area contributed by atoms with Crippen LogP contribution in [0.3, 0.4) is 0 Å². The van der Waals surface area contributed by atoms with Crippen LogP contribution in [-0.4, -0.2) is 29.1 Å². The predicted octanol–water partition coefficient (Wildman–Crippen LogP) is 2.64. The number of hydrogen-bond donors (Lipinski definition) is 2. The Morgan fingerprint density at radius 1 is 1.16 bits per heavy atom. The van der Waals surface area contributed by atoms with Gasteiger partial charge in [-0.15, -0.1) is 0 Å². The average Bonchev–Trinajstić information content (AvgIpc) is 2.75. The second kappa shape index (κ2) is 9.55. The summed E-state index contributed by atoms with van der Waals surface area (Å²) in [6.45, 7) is 6.09. The van der Waals surface area contributed by atoms with Crippen LogP contribution in [0, 0.1) is 6.92 Å². The van der Waals surface area contributed by atoms with E-state index < -0.39 is 17.2 Å². The van der Waals surface area contributed by atoms with Crippen LogP contribution < -0.4 is 26.6 Å². The summed E-state index contributed by atoms with van der Waals surface area (Å²) < 4.78 is 6.87. The minimum Gasteiger partial charge on any atom is -0.484 e. The number of amides is 1. The number of ether oxygens (including phenoxy) is 1. The van der Waals surface area contributed by atoms with Crippen molar-refractivity contribution < 1.29 is 9.53 Å². The molecule has 32 heavy (non-hydrogen) atoms. The molecule has 8 nitrogen and oxygen atoms in total. The lowest BCUT2D eigenvalue weighted by molar-refractivity contribution is -0.120. The van der Waals surface area contributed by atoms with E-state index in [2.05, 4.69) is 18.8 Å². The van der Waals surface area contributed by atoms with Crippen molar-refractivity contribution >= 4 is 17.4 Å². The molecule has 1 heterocycles. The van der Waals surface area contributed by atoms with E-state index in [1.165, 1.54) is 17.2 Å². The number of hydrogen-bond acceptors (Lipinski definition) is 5. The topological polar surface area (TPSA) is 110 Å². The van der Waals surface area contributed by atoms with Crippen molar-refractivity contribution in [2.75, 3.05) is 24.3 Å². The molecule has 0 aliphatic heterocycles. The van der Waals surface area contributed by atoms with E-state index in [4.69, 9.17) is 10.5 Å². The molecular formula is C24H28N4O4. The normalized spacial score (nSPS) is 10.9. The average molecular weight is 437 g/mol. The van der Waals surface area contributed by atoms with Crippen molar-refractivity contribution in [3.05, 3.63) is 86.1 Å². The van der Waals surface area contributed by atoms with Crippen molar-refractivity contribution in [3.8, 4) is 5.75 Å². The molecule has 0 atom stereocenters. The van der Waals surface area contributed by atoms with Crippen LogP contribution in [0.25, 0.3) is 0 Å². The molecule has 3 N–H and O–H groups in total. The summed E-state index contributed by atoms with van der Waals surface area (Å²) in [5.74, 6) is 0.385. The van der Waals surface area contributed by atoms with Gasteiger partial charge in [0, 0.05) is 7.05 Å². The molecule has 0 saturated heterocycles. The molecule has 0 spiro atoms. The third-order valence-electron chi connectivity index (χ3n) is 5.33. The fourth-order valence-corrected chi connectivity index (χ4v) is 3.58. The molecule has 0 unspecified atom stereocenters. The van der Waals surface area contributed by atoms with Gasteiger partial charge in [0.1, 0.15) is 11.6 Å². The number of aromatic amines is 1. The van der Waals surface area contributed by atoms with Gasteiger partial charge in [-0.3, -0.25) is 19.1 Å². The van der Waals surface area contributed by atoms with E-state index in [-0.39, 0.29) is 24.7 Å². The van der Waals surface area contributed by atoms with Crippen LogP contribution in [0.4, 0.5) is 11.5 Å². The van der Waals surface area contributed by atoms with Crippen LogP contribution in [0.2, 0.25) is 0 Å². The minimum absolute atomic E-state index is 0.0874. The van der Waals surface area contributed by atoms with Crippen molar-refractivity contribution in [2.45, 2.75) is 33.2 Å². The van der Waals surface area contributed by atoms with Crippen molar-refractivity contribution in [2.24, 2.45) is 0 Å². The van der Waals surface area contributed by atoms with E-state index in [9.17, 15) is 14.4 Å². The highest BCUT2D eigenvalue weighted by Gasteiger charge is 2.21. The van der Waals surface area contributed by atoms with Gasteiger partial charge in [-0.2, -0.15) is 0 Å². The fraction of sp³-hybridized carbons (Fsp3) is 0.292. The zero-order valence-corrected chi connectivity index (χ0v) is 18.7. The summed E-state index contributed by atoms with van der Waals surface area (Å²) in [5.41, 5.74) is 7.80. The van der Waals surface area contributed by atoms with E-state index in [0.717, 1.165) is 16.0 Å². The Labute approximate surface area is 186 Å². The molecule has 0 saturated carbocycles. The summed E-state index contributed by atoms with van der Waals surface area (Å²) in [6.07, 6.45) is 0. The second-order valence-corrected chi connectivity index (χ2v) is 7.98. The summed E-state index contributed by atoms with van der Waals surface area (Å²) >= 11 is 0. The minimum atomic E-state index is -0.732. The largest absolute Gasteiger partial charge is 0.484 e. The highest BCUT2D eigenvalue weighted by atomic mass is 16.5. The summed E-state index contributed by atoms with van der Waals surface area (Å²) in [5, 5.41) is 0. The second-order valence-electron chi connectivity index (χ2n) is 7.98. The molecule has 0 fully saturated rings. The number of aryl methyl sites for hydroxylation is 1. The van der Waals surface area contributed by atoms with Gasteiger partial charge in [-0.25, -0.2) is 4.79 Å². The maximum Gasteiger partial charge on any atom is 0.330 e. The highest BCUT2D eigenvalue weighted by Crippen LogP contribution is 2.24. The molecule has 0 bridgehead atoms. The fourth-order valence-electron chi connectivity index (χ4n) is 3.58. The Kier molecular flexibility index (Phi) is 6.82. The number of carbonyl (C=O) groups excluding carboxylic acids is 1. The number of rotatable bonds is 7. The number of nitrogens with zero attached hydrogens (tertiary/aromatic N) is 2. The van der Waals surface area contributed by atoms with Crippen molar-refractivity contribution in [1.82, 2.24) is 9.55 Å². The van der Waals surface area contributed by atoms with Gasteiger partial charge in [0.15, 0.2) is 12.3 Å². The number of nitrogens with two attached hydrogens (primary N) is 1. The molecule has 0 aliphatic carbocycles. The number of nitrogens with one attached hydrogen (secondary N) is 1. The molecule has 168 valence electrons. The van der Waals surface area contributed by atoms with Gasteiger partial charge in [0.25, 0.3) is 11.5 Å². The number of likely N-dealkylation sites (N-methyl/N-ethyl adjacent to an activating group) is 1. The molecule has 1 aromatic heterocycles. The smallest absolute Gasteiger partial charge is 0.330 e. The first-order valence-electron chi connectivity index (χ1n) is 10.4. The molecule has 3 aromatic rings. The zero-order valence-electron chi connectivity index (χ0n) is 18.7. The maximum atomic E-state index is 12.7. The first-order valence-corrected chi connectivity index (χ1v) is 10.4. The van der Waals surface area contributed by atoms with Crippen LogP contribution in [0.5, 0.6) is 5.75 Å². The Bertz CT molecular complexity index is 1230. The third kappa shape index (κ3) is 4.91. The summed E-state index contributed by atoms with van der Waals surface area (Å²) in [4.78, 5) is 40.9. The van der Waals surface area contributed by atoms with Gasteiger partial charge in [-0.1, -0.05) is 50.2 Å². The molecule has 8 heteroatoms. The number of anilines is 2. The zero-order chi connectivity index (χ0) is 23.4.